The van der Waals surface area contributed by atoms with Gasteiger partial charge in [-0.15, -0.1) is 0 Å². The fraction of sp³-hybridized carbons (Fsp3) is 0.941. The molecule has 1 atom stereocenters. The molecule has 2 fully saturated rings. The topological polar surface area (TPSA) is 32.8 Å². The predicted octanol–water partition coefficient (Wildman–Crippen LogP) is 3.90. The molecule has 6 heteroatoms. The molecule has 2 aliphatic rings. The van der Waals surface area contributed by atoms with E-state index in [4.69, 9.17) is 4.74 Å². The molecule has 1 unspecified atom stereocenters. The molecule has 0 spiro atoms. The van der Waals surface area contributed by atoms with Crippen molar-refractivity contribution in [3.8, 4) is 0 Å². The maximum Gasteiger partial charge on any atom is 0.410 e. The van der Waals surface area contributed by atoms with Crippen LogP contribution in [-0.4, -0.2) is 58.6 Å². The van der Waals surface area contributed by atoms with Gasteiger partial charge in [-0.25, -0.2) is 13.6 Å². The fourth-order valence-electron chi connectivity index (χ4n) is 3.55. The summed E-state index contributed by atoms with van der Waals surface area (Å²) in [5.74, 6) is -2.51. The van der Waals surface area contributed by atoms with Gasteiger partial charge >= 0.3 is 6.09 Å². The minimum Gasteiger partial charge on any atom is -0.444 e. The van der Waals surface area contributed by atoms with Gasteiger partial charge in [-0.3, -0.25) is 4.90 Å². The van der Waals surface area contributed by atoms with Crippen molar-refractivity contribution in [2.75, 3.05) is 19.6 Å². The molecule has 0 aromatic heterocycles. The van der Waals surface area contributed by atoms with E-state index in [0.717, 1.165) is 12.8 Å². The van der Waals surface area contributed by atoms with Crippen LogP contribution in [0.2, 0.25) is 0 Å². The molecule has 0 saturated carbocycles. The Morgan fingerprint density at radius 1 is 1.13 bits per heavy atom. The van der Waals surface area contributed by atoms with E-state index < -0.39 is 11.5 Å². The van der Waals surface area contributed by atoms with E-state index in [1.54, 1.807) is 4.90 Å². The van der Waals surface area contributed by atoms with E-state index in [9.17, 15) is 13.6 Å². The standard InChI is InChI=1S/C17H30F2N2O2/c1-15(2,3)23-14(22)21-9-6-13(12-16(21,4)5)20-10-7-17(18,19)8-11-20/h13H,6-12H2,1-5H3. The molecule has 4 nitrogen and oxygen atoms in total. The van der Waals surface area contributed by atoms with Crippen LogP contribution in [0, 0.1) is 0 Å². The van der Waals surface area contributed by atoms with Crippen LogP contribution >= 0.6 is 0 Å². The number of hydrogen-bond donors (Lipinski definition) is 0. The minimum absolute atomic E-state index is 0.0558. The summed E-state index contributed by atoms with van der Waals surface area (Å²) < 4.78 is 32.1. The monoisotopic (exact) mass is 332 g/mol. The summed E-state index contributed by atoms with van der Waals surface area (Å²) in [5.41, 5.74) is -0.840. The average Bonchev–Trinajstić information content (AvgIpc) is 2.35. The first-order chi connectivity index (χ1) is 10.4. The normalized spacial score (nSPS) is 28.5. The molecule has 1 amide bonds. The molecular formula is C17H30F2N2O2. The molecule has 2 saturated heterocycles. The van der Waals surface area contributed by atoms with Crippen LogP contribution in [0.15, 0.2) is 0 Å². The second-order valence-electron chi connectivity index (χ2n) is 8.48. The first kappa shape index (κ1) is 18.4. The van der Waals surface area contributed by atoms with Crippen molar-refractivity contribution < 1.29 is 18.3 Å². The van der Waals surface area contributed by atoms with Crippen molar-refractivity contribution in [3.05, 3.63) is 0 Å². The van der Waals surface area contributed by atoms with Gasteiger partial charge in [0.15, 0.2) is 0 Å². The second kappa shape index (κ2) is 6.19. The van der Waals surface area contributed by atoms with Crippen molar-refractivity contribution in [1.82, 2.24) is 9.80 Å². The fourth-order valence-corrected chi connectivity index (χ4v) is 3.55. The van der Waals surface area contributed by atoms with E-state index in [1.807, 2.05) is 34.6 Å². The lowest BCUT2D eigenvalue weighted by Gasteiger charge is -2.49. The number of rotatable bonds is 1. The largest absolute Gasteiger partial charge is 0.444 e. The van der Waals surface area contributed by atoms with Crippen LogP contribution < -0.4 is 0 Å². The average molecular weight is 332 g/mol. The molecule has 0 N–H and O–H groups in total. The summed E-state index contributed by atoms with van der Waals surface area (Å²) in [5, 5.41) is 0. The number of carbonyl (C=O) groups is 1. The molecule has 2 rings (SSSR count). The van der Waals surface area contributed by atoms with Crippen LogP contribution in [0.3, 0.4) is 0 Å². The highest BCUT2D eigenvalue weighted by atomic mass is 19.3. The Bertz CT molecular complexity index is 436. The number of carbonyl (C=O) groups excluding carboxylic acids is 1. The van der Waals surface area contributed by atoms with E-state index in [-0.39, 0.29) is 30.5 Å². The molecule has 0 aromatic carbocycles. The third-order valence-corrected chi connectivity index (χ3v) is 4.81. The Hall–Kier alpha value is -0.910. The zero-order valence-corrected chi connectivity index (χ0v) is 15.0. The molecule has 2 aliphatic heterocycles. The lowest BCUT2D eigenvalue weighted by molar-refractivity contribution is -0.0758. The highest BCUT2D eigenvalue weighted by molar-refractivity contribution is 5.69. The van der Waals surface area contributed by atoms with Crippen molar-refractivity contribution in [2.24, 2.45) is 0 Å². The van der Waals surface area contributed by atoms with Gasteiger partial charge < -0.3 is 9.64 Å². The quantitative estimate of drug-likeness (QED) is 0.730. The smallest absolute Gasteiger partial charge is 0.410 e. The lowest BCUT2D eigenvalue weighted by Crippen LogP contribution is -2.59. The van der Waals surface area contributed by atoms with Gasteiger partial charge in [0, 0.05) is 44.1 Å². The molecule has 0 bridgehead atoms. The van der Waals surface area contributed by atoms with Crippen LogP contribution in [-0.2, 0) is 4.74 Å². The molecule has 134 valence electrons. The van der Waals surface area contributed by atoms with Crippen LogP contribution in [0.1, 0.15) is 60.3 Å². The number of nitrogens with zero attached hydrogens (tertiary/aromatic N) is 2. The Morgan fingerprint density at radius 3 is 2.17 bits per heavy atom. The third kappa shape index (κ3) is 4.78. The predicted molar refractivity (Wildman–Crippen MR) is 85.8 cm³/mol. The summed E-state index contributed by atoms with van der Waals surface area (Å²) in [7, 11) is 0. The molecule has 2 heterocycles. The van der Waals surface area contributed by atoms with Crippen LogP contribution in [0.4, 0.5) is 13.6 Å². The van der Waals surface area contributed by atoms with Gasteiger partial charge in [0.05, 0.1) is 0 Å². The number of ether oxygens (including phenoxy) is 1. The zero-order chi connectivity index (χ0) is 17.5. The Morgan fingerprint density at radius 2 is 1.70 bits per heavy atom. The van der Waals surface area contributed by atoms with Crippen molar-refractivity contribution >= 4 is 6.09 Å². The highest BCUT2D eigenvalue weighted by Gasteiger charge is 2.43. The van der Waals surface area contributed by atoms with Gasteiger partial charge in [0.1, 0.15) is 5.60 Å². The van der Waals surface area contributed by atoms with Gasteiger partial charge in [0.25, 0.3) is 5.92 Å². The van der Waals surface area contributed by atoms with E-state index in [2.05, 4.69) is 4.90 Å². The highest BCUT2D eigenvalue weighted by Crippen LogP contribution is 2.35. The number of likely N-dealkylation sites (tertiary alicyclic amines) is 2. The number of halogens is 2. The van der Waals surface area contributed by atoms with Crippen molar-refractivity contribution in [3.63, 3.8) is 0 Å². The first-order valence-electron chi connectivity index (χ1n) is 8.52. The molecule has 23 heavy (non-hydrogen) atoms. The van der Waals surface area contributed by atoms with Gasteiger partial charge in [-0.1, -0.05) is 0 Å². The van der Waals surface area contributed by atoms with Crippen molar-refractivity contribution in [1.29, 1.82) is 0 Å². The number of piperidine rings is 2. The van der Waals surface area contributed by atoms with Gasteiger partial charge in [0.2, 0.25) is 0 Å². The van der Waals surface area contributed by atoms with Gasteiger partial charge in [-0.05, 0) is 47.5 Å². The molecule has 0 aliphatic carbocycles. The third-order valence-electron chi connectivity index (χ3n) is 4.81. The summed E-state index contributed by atoms with van der Waals surface area (Å²) in [6, 6.07) is 0.264. The molecular weight excluding hydrogens is 302 g/mol. The summed E-state index contributed by atoms with van der Waals surface area (Å²) >= 11 is 0. The number of hydrogen-bond acceptors (Lipinski definition) is 3. The first-order valence-corrected chi connectivity index (χ1v) is 8.52. The summed E-state index contributed by atoms with van der Waals surface area (Å²) in [6.45, 7) is 11.1. The number of amides is 1. The van der Waals surface area contributed by atoms with Crippen LogP contribution in [0.25, 0.3) is 0 Å². The van der Waals surface area contributed by atoms with Crippen molar-refractivity contribution in [2.45, 2.75) is 83.4 Å². The minimum atomic E-state index is -2.51. The summed E-state index contributed by atoms with van der Waals surface area (Å²) in [6.07, 6.45) is 1.21. The second-order valence-corrected chi connectivity index (χ2v) is 8.48. The Kier molecular flexibility index (Phi) is 4.96. The maximum atomic E-state index is 13.3. The van der Waals surface area contributed by atoms with Crippen LogP contribution in [0.5, 0.6) is 0 Å². The SMILES string of the molecule is CC(C)(C)OC(=O)N1CCC(N2CCC(F)(F)CC2)CC1(C)C. The van der Waals surface area contributed by atoms with E-state index in [0.29, 0.717) is 19.6 Å². The number of alkyl halides is 2. The summed E-state index contributed by atoms with van der Waals surface area (Å²) in [4.78, 5) is 16.3. The Balaban J connectivity index is 1.96. The Labute approximate surface area is 138 Å². The van der Waals surface area contributed by atoms with E-state index in [1.165, 1.54) is 0 Å². The zero-order valence-electron chi connectivity index (χ0n) is 15.0. The molecule has 0 radical (unpaired) electrons. The van der Waals surface area contributed by atoms with E-state index >= 15 is 0 Å². The van der Waals surface area contributed by atoms with Gasteiger partial charge in [-0.2, -0.15) is 0 Å². The molecule has 0 aromatic rings. The maximum absolute atomic E-state index is 13.3. The lowest BCUT2D eigenvalue weighted by atomic mass is 9.85.